The molecule has 24 heavy (non-hydrogen) atoms. The van der Waals surface area contributed by atoms with Gasteiger partial charge in [0.1, 0.15) is 5.58 Å². The minimum Gasteiger partial charge on any atom is -0.423 e. The van der Waals surface area contributed by atoms with Gasteiger partial charge in [0.2, 0.25) is 5.91 Å². The number of fused-ring (bicyclic) bond motifs is 1. The summed E-state index contributed by atoms with van der Waals surface area (Å²) in [5.41, 5.74) is 2.56. The first-order chi connectivity index (χ1) is 11.0. The lowest BCUT2D eigenvalue weighted by Gasteiger charge is -2.16. The van der Waals surface area contributed by atoms with E-state index in [-0.39, 0.29) is 29.9 Å². The van der Waals surface area contributed by atoms with Crippen LogP contribution in [0, 0.1) is 19.8 Å². The van der Waals surface area contributed by atoms with E-state index >= 15 is 0 Å². The summed E-state index contributed by atoms with van der Waals surface area (Å²) >= 11 is 0. The Morgan fingerprint density at radius 3 is 2.83 bits per heavy atom. The van der Waals surface area contributed by atoms with Crippen molar-refractivity contribution >= 4 is 35.0 Å². The van der Waals surface area contributed by atoms with E-state index in [1.807, 2.05) is 19.9 Å². The van der Waals surface area contributed by atoms with Gasteiger partial charge in [0.25, 0.3) is 0 Å². The first-order valence-corrected chi connectivity index (χ1v) is 7.69. The van der Waals surface area contributed by atoms with Crippen LogP contribution in [0.15, 0.2) is 27.4 Å². The molecule has 1 fully saturated rings. The Hall–Kier alpha value is -1.89. The van der Waals surface area contributed by atoms with Gasteiger partial charge in [-0.05, 0) is 37.1 Å². The molecule has 2 aromatic rings. The summed E-state index contributed by atoms with van der Waals surface area (Å²) in [6, 6.07) is 5.08. The van der Waals surface area contributed by atoms with Crippen LogP contribution in [0.1, 0.15) is 11.1 Å². The second kappa shape index (κ2) is 7.79. The first-order valence-electron chi connectivity index (χ1n) is 7.69. The van der Waals surface area contributed by atoms with Gasteiger partial charge in [-0.1, -0.05) is 0 Å². The molecule has 1 aliphatic heterocycles. The van der Waals surface area contributed by atoms with Crippen LogP contribution in [-0.2, 0) is 9.53 Å². The molecule has 1 saturated heterocycles. The second-order valence-electron chi connectivity index (χ2n) is 5.88. The van der Waals surface area contributed by atoms with E-state index in [1.165, 1.54) is 6.07 Å². The van der Waals surface area contributed by atoms with Crippen LogP contribution in [0.25, 0.3) is 11.0 Å². The topological polar surface area (TPSA) is 80.6 Å². The molecule has 2 heterocycles. The average Bonchev–Trinajstić information content (AvgIpc) is 2.77. The number of rotatable bonds is 2. The molecule has 0 aliphatic carbocycles. The van der Waals surface area contributed by atoms with Crippen molar-refractivity contribution in [3.05, 3.63) is 39.7 Å². The quantitative estimate of drug-likeness (QED) is 0.808. The molecule has 6 nitrogen and oxygen atoms in total. The molecule has 1 aromatic carbocycles. The Morgan fingerprint density at radius 2 is 2.04 bits per heavy atom. The summed E-state index contributed by atoms with van der Waals surface area (Å²) in [5, 5.41) is 6.97. The van der Waals surface area contributed by atoms with Gasteiger partial charge in [0, 0.05) is 30.2 Å². The standard InChI is InChI=1S/C17H20N2O4.ClH/c1-10-6-16(20)23-15-5-11(2)14(7-13(10)15)19-17(21)12-8-18-3-4-22-9-12;/h5-7,12,18H,3-4,8-9H2,1-2H3,(H,19,21);1H. The zero-order valence-electron chi connectivity index (χ0n) is 13.7. The van der Waals surface area contributed by atoms with Crippen molar-refractivity contribution in [2.45, 2.75) is 13.8 Å². The van der Waals surface area contributed by atoms with E-state index in [0.29, 0.717) is 25.3 Å². The normalized spacial score (nSPS) is 17.8. The van der Waals surface area contributed by atoms with Gasteiger partial charge < -0.3 is 19.8 Å². The van der Waals surface area contributed by atoms with Crippen LogP contribution < -0.4 is 16.3 Å². The van der Waals surface area contributed by atoms with Crippen molar-refractivity contribution in [3.63, 3.8) is 0 Å². The Kier molecular flexibility index (Phi) is 5.99. The molecule has 0 saturated carbocycles. The van der Waals surface area contributed by atoms with E-state index in [9.17, 15) is 9.59 Å². The van der Waals surface area contributed by atoms with Gasteiger partial charge in [0.15, 0.2) is 0 Å². The number of carbonyl (C=O) groups is 1. The number of amides is 1. The van der Waals surface area contributed by atoms with Crippen LogP contribution in [-0.4, -0.2) is 32.2 Å². The number of aryl methyl sites for hydroxylation is 2. The Bertz CT molecular complexity index is 795. The summed E-state index contributed by atoms with van der Waals surface area (Å²) in [4.78, 5) is 23.9. The number of ether oxygens (including phenoxy) is 1. The van der Waals surface area contributed by atoms with Crippen molar-refractivity contribution in [1.82, 2.24) is 5.32 Å². The predicted molar refractivity (Wildman–Crippen MR) is 95.0 cm³/mol. The first kappa shape index (κ1) is 18.4. The molecule has 1 amide bonds. The van der Waals surface area contributed by atoms with E-state index in [1.54, 1.807) is 6.07 Å². The average molecular weight is 353 g/mol. The highest BCUT2D eigenvalue weighted by Gasteiger charge is 2.21. The number of nitrogens with one attached hydrogen (secondary N) is 2. The molecule has 1 atom stereocenters. The van der Waals surface area contributed by atoms with Crippen LogP contribution >= 0.6 is 12.4 Å². The van der Waals surface area contributed by atoms with Crippen LogP contribution in [0.3, 0.4) is 0 Å². The maximum atomic E-state index is 12.4. The van der Waals surface area contributed by atoms with Gasteiger partial charge >= 0.3 is 5.63 Å². The molecule has 1 aromatic heterocycles. The van der Waals surface area contributed by atoms with E-state index in [2.05, 4.69) is 10.6 Å². The lowest BCUT2D eigenvalue weighted by molar-refractivity contribution is -0.121. The molecular formula is C17H21ClN2O4. The monoisotopic (exact) mass is 352 g/mol. The minimum absolute atomic E-state index is 0. The lowest BCUT2D eigenvalue weighted by Crippen LogP contribution is -2.33. The molecule has 1 unspecified atom stereocenters. The van der Waals surface area contributed by atoms with Crippen molar-refractivity contribution < 1.29 is 13.9 Å². The van der Waals surface area contributed by atoms with Crippen molar-refractivity contribution in [1.29, 1.82) is 0 Å². The Labute approximate surface area is 146 Å². The number of benzene rings is 1. The van der Waals surface area contributed by atoms with E-state index in [0.717, 1.165) is 28.7 Å². The summed E-state index contributed by atoms with van der Waals surface area (Å²) in [5.74, 6) is -0.292. The lowest BCUT2D eigenvalue weighted by atomic mass is 10.1. The van der Waals surface area contributed by atoms with Crippen LogP contribution in [0.2, 0.25) is 0 Å². The summed E-state index contributed by atoms with van der Waals surface area (Å²) in [6.07, 6.45) is 0. The number of carbonyl (C=O) groups excluding carboxylic acids is 1. The second-order valence-corrected chi connectivity index (χ2v) is 5.88. The molecule has 1 aliphatic rings. The van der Waals surface area contributed by atoms with Gasteiger partial charge in [0.05, 0.1) is 19.1 Å². The Balaban J connectivity index is 0.00000208. The fourth-order valence-electron chi connectivity index (χ4n) is 2.71. The van der Waals surface area contributed by atoms with Crippen molar-refractivity contribution in [3.8, 4) is 0 Å². The SMILES string of the molecule is Cc1cc2oc(=O)cc(C)c2cc1NC(=O)C1CNCCOC1.Cl. The third kappa shape index (κ3) is 3.95. The van der Waals surface area contributed by atoms with E-state index in [4.69, 9.17) is 9.15 Å². The third-order valence-electron chi connectivity index (χ3n) is 4.06. The van der Waals surface area contributed by atoms with Crippen LogP contribution in [0.4, 0.5) is 5.69 Å². The number of halogens is 1. The third-order valence-corrected chi connectivity index (χ3v) is 4.06. The van der Waals surface area contributed by atoms with Crippen molar-refractivity contribution in [2.75, 3.05) is 31.6 Å². The molecule has 0 spiro atoms. The molecule has 7 heteroatoms. The van der Waals surface area contributed by atoms with Crippen LogP contribution in [0.5, 0.6) is 0 Å². The highest BCUT2D eigenvalue weighted by molar-refractivity contribution is 5.96. The van der Waals surface area contributed by atoms with Gasteiger partial charge in [-0.25, -0.2) is 4.79 Å². The number of hydrogen-bond donors (Lipinski definition) is 2. The van der Waals surface area contributed by atoms with Gasteiger partial charge in [-0.2, -0.15) is 0 Å². The summed E-state index contributed by atoms with van der Waals surface area (Å²) in [6.45, 7) is 6.13. The van der Waals surface area contributed by atoms with Crippen molar-refractivity contribution in [2.24, 2.45) is 5.92 Å². The molecule has 2 N–H and O–H groups in total. The molecule has 130 valence electrons. The number of anilines is 1. The maximum Gasteiger partial charge on any atom is 0.336 e. The largest absolute Gasteiger partial charge is 0.423 e. The maximum absolute atomic E-state index is 12.4. The Morgan fingerprint density at radius 1 is 1.25 bits per heavy atom. The van der Waals surface area contributed by atoms with E-state index < -0.39 is 0 Å². The smallest absolute Gasteiger partial charge is 0.336 e. The predicted octanol–water partition coefficient (Wildman–Crippen LogP) is 2.01. The zero-order valence-corrected chi connectivity index (χ0v) is 14.5. The molecule has 0 radical (unpaired) electrons. The fourth-order valence-corrected chi connectivity index (χ4v) is 2.71. The minimum atomic E-state index is -0.368. The van der Waals surface area contributed by atoms with Gasteiger partial charge in [-0.3, -0.25) is 4.79 Å². The fraction of sp³-hybridized carbons (Fsp3) is 0.412. The van der Waals surface area contributed by atoms with Gasteiger partial charge in [-0.15, -0.1) is 12.4 Å². The molecule has 3 rings (SSSR count). The zero-order chi connectivity index (χ0) is 16.4. The highest BCUT2D eigenvalue weighted by Crippen LogP contribution is 2.25. The molecular weight excluding hydrogens is 332 g/mol. The summed E-state index contributed by atoms with van der Waals surface area (Å²) in [7, 11) is 0. The summed E-state index contributed by atoms with van der Waals surface area (Å²) < 4.78 is 10.6. The highest BCUT2D eigenvalue weighted by atomic mass is 35.5. The number of hydrogen-bond acceptors (Lipinski definition) is 5. The molecule has 0 bridgehead atoms.